The van der Waals surface area contributed by atoms with Crippen molar-refractivity contribution in [3.05, 3.63) is 41.0 Å². The van der Waals surface area contributed by atoms with Crippen LogP contribution in [0.2, 0.25) is 0 Å². The van der Waals surface area contributed by atoms with Crippen molar-refractivity contribution in [1.82, 2.24) is 0 Å². The lowest BCUT2D eigenvalue weighted by Crippen LogP contribution is -1.93. The molecule has 0 radical (unpaired) electrons. The zero-order valence-corrected chi connectivity index (χ0v) is 8.22. The molecule has 0 aromatic heterocycles. The van der Waals surface area contributed by atoms with E-state index in [1.807, 2.05) is 0 Å². The standard InChI is InChI=1S/C13H16/c1-2-3-6-11-7-4-8-12-9-5-10-13(11)12/h4-5,7-9H,2-3,6,10H2,1H3. The highest BCUT2D eigenvalue weighted by molar-refractivity contribution is 5.61. The normalized spacial score (nSPS) is 13.3. The van der Waals surface area contributed by atoms with Crippen molar-refractivity contribution in [2.45, 2.75) is 32.6 Å². The maximum Gasteiger partial charge on any atom is -0.00854 e. The van der Waals surface area contributed by atoms with Crippen LogP contribution in [0.4, 0.5) is 0 Å². The van der Waals surface area contributed by atoms with Gasteiger partial charge in [0.25, 0.3) is 0 Å². The van der Waals surface area contributed by atoms with Crippen molar-refractivity contribution in [1.29, 1.82) is 0 Å². The van der Waals surface area contributed by atoms with Gasteiger partial charge in [-0.2, -0.15) is 0 Å². The molecule has 0 atom stereocenters. The summed E-state index contributed by atoms with van der Waals surface area (Å²) < 4.78 is 0. The maximum atomic E-state index is 2.28. The van der Waals surface area contributed by atoms with Crippen LogP contribution in [-0.2, 0) is 12.8 Å². The molecule has 0 heterocycles. The molecule has 0 saturated heterocycles. The fraction of sp³-hybridized carbons (Fsp3) is 0.385. The van der Waals surface area contributed by atoms with Crippen molar-refractivity contribution in [2.75, 3.05) is 0 Å². The average Bonchev–Trinajstić information content (AvgIpc) is 2.62. The molecule has 0 heteroatoms. The van der Waals surface area contributed by atoms with E-state index < -0.39 is 0 Å². The van der Waals surface area contributed by atoms with Crippen LogP contribution in [0.15, 0.2) is 24.3 Å². The Kier molecular flexibility index (Phi) is 2.49. The Bertz CT molecular complexity index is 321. The molecule has 1 aromatic rings. The quantitative estimate of drug-likeness (QED) is 0.653. The van der Waals surface area contributed by atoms with Gasteiger partial charge in [0.15, 0.2) is 0 Å². The molecule has 0 spiro atoms. The molecule has 0 nitrogen and oxygen atoms in total. The first-order valence-electron chi connectivity index (χ1n) is 5.19. The summed E-state index contributed by atoms with van der Waals surface area (Å²) in [6.45, 7) is 2.25. The van der Waals surface area contributed by atoms with E-state index in [1.165, 1.54) is 24.8 Å². The predicted molar refractivity (Wildman–Crippen MR) is 57.8 cm³/mol. The molecule has 0 amide bonds. The van der Waals surface area contributed by atoms with Gasteiger partial charge in [0.2, 0.25) is 0 Å². The molecule has 0 unspecified atom stereocenters. The average molecular weight is 172 g/mol. The molecule has 13 heavy (non-hydrogen) atoms. The van der Waals surface area contributed by atoms with Gasteiger partial charge in [-0.3, -0.25) is 0 Å². The summed E-state index contributed by atoms with van der Waals surface area (Å²) >= 11 is 0. The Morgan fingerprint density at radius 3 is 3.08 bits per heavy atom. The Morgan fingerprint density at radius 2 is 2.23 bits per heavy atom. The summed E-state index contributed by atoms with van der Waals surface area (Å²) in [5, 5.41) is 0. The van der Waals surface area contributed by atoms with Gasteiger partial charge in [0, 0.05) is 0 Å². The fourth-order valence-electron chi connectivity index (χ4n) is 1.96. The van der Waals surface area contributed by atoms with E-state index in [-0.39, 0.29) is 0 Å². The van der Waals surface area contributed by atoms with Gasteiger partial charge in [-0.25, -0.2) is 0 Å². The highest BCUT2D eigenvalue weighted by Gasteiger charge is 2.08. The van der Waals surface area contributed by atoms with Gasteiger partial charge < -0.3 is 0 Å². The summed E-state index contributed by atoms with van der Waals surface area (Å²) in [6, 6.07) is 6.68. The summed E-state index contributed by atoms with van der Waals surface area (Å²) in [7, 11) is 0. The molecule has 0 aliphatic heterocycles. The minimum atomic E-state index is 1.15. The van der Waals surface area contributed by atoms with E-state index in [9.17, 15) is 0 Å². The van der Waals surface area contributed by atoms with E-state index in [4.69, 9.17) is 0 Å². The molecule has 1 aromatic carbocycles. The lowest BCUT2D eigenvalue weighted by molar-refractivity contribution is 0.789. The number of fused-ring (bicyclic) bond motifs is 1. The van der Waals surface area contributed by atoms with Crippen LogP contribution in [0.5, 0.6) is 0 Å². The van der Waals surface area contributed by atoms with Crippen LogP contribution in [-0.4, -0.2) is 0 Å². The van der Waals surface area contributed by atoms with Gasteiger partial charge in [0.1, 0.15) is 0 Å². The summed E-state index contributed by atoms with van der Waals surface area (Å²) in [5.74, 6) is 0. The molecule has 0 saturated carbocycles. The number of benzene rings is 1. The van der Waals surface area contributed by atoms with Crippen LogP contribution < -0.4 is 0 Å². The Hall–Kier alpha value is -1.04. The summed E-state index contributed by atoms with van der Waals surface area (Å²) in [4.78, 5) is 0. The highest BCUT2D eigenvalue weighted by atomic mass is 14.1. The van der Waals surface area contributed by atoms with Crippen LogP contribution in [0, 0.1) is 0 Å². The number of hydrogen-bond acceptors (Lipinski definition) is 0. The number of hydrogen-bond donors (Lipinski definition) is 0. The third-order valence-electron chi connectivity index (χ3n) is 2.73. The molecule has 1 aliphatic carbocycles. The zero-order valence-electron chi connectivity index (χ0n) is 8.22. The van der Waals surface area contributed by atoms with Crippen LogP contribution in [0.25, 0.3) is 6.08 Å². The molecule has 2 rings (SSSR count). The topological polar surface area (TPSA) is 0 Å². The van der Waals surface area contributed by atoms with E-state index >= 15 is 0 Å². The van der Waals surface area contributed by atoms with E-state index in [2.05, 4.69) is 37.3 Å². The third kappa shape index (κ3) is 1.67. The van der Waals surface area contributed by atoms with Gasteiger partial charge in [-0.15, -0.1) is 0 Å². The van der Waals surface area contributed by atoms with Crippen LogP contribution in [0.1, 0.15) is 36.5 Å². The molecule has 68 valence electrons. The van der Waals surface area contributed by atoms with Crippen LogP contribution in [0.3, 0.4) is 0 Å². The maximum absolute atomic E-state index is 2.28. The predicted octanol–water partition coefficient (Wildman–Crippen LogP) is 3.60. The minimum absolute atomic E-state index is 1.15. The summed E-state index contributed by atoms with van der Waals surface area (Å²) in [5.41, 5.74) is 4.56. The molecule has 0 fully saturated rings. The second-order valence-corrected chi connectivity index (χ2v) is 3.69. The largest absolute Gasteiger partial charge is 0.0795 e. The molecule has 0 bridgehead atoms. The van der Waals surface area contributed by atoms with Crippen LogP contribution >= 0.6 is 0 Å². The van der Waals surface area contributed by atoms with E-state index in [1.54, 1.807) is 11.1 Å². The fourth-order valence-corrected chi connectivity index (χ4v) is 1.96. The van der Waals surface area contributed by atoms with Gasteiger partial charge in [-0.1, -0.05) is 43.7 Å². The third-order valence-corrected chi connectivity index (χ3v) is 2.73. The number of rotatable bonds is 3. The second-order valence-electron chi connectivity index (χ2n) is 3.69. The molecular weight excluding hydrogens is 156 g/mol. The monoisotopic (exact) mass is 172 g/mol. The van der Waals surface area contributed by atoms with Gasteiger partial charge in [0.05, 0.1) is 0 Å². The van der Waals surface area contributed by atoms with Crippen molar-refractivity contribution >= 4 is 6.08 Å². The highest BCUT2D eigenvalue weighted by Crippen LogP contribution is 2.24. The minimum Gasteiger partial charge on any atom is -0.0795 e. The molecular formula is C13H16. The Morgan fingerprint density at radius 1 is 1.31 bits per heavy atom. The number of allylic oxidation sites excluding steroid dienone is 1. The Balaban J connectivity index is 2.23. The van der Waals surface area contributed by atoms with Crippen molar-refractivity contribution in [3.8, 4) is 0 Å². The second kappa shape index (κ2) is 3.78. The number of unbranched alkanes of at least 4 members (excludes halogenated alkanes) is 1. The SMILES string of the molecule is CCCCc1cccc2c1CC=C2. The van der Waals surface area contributed by atoms with E-state index in [0.717, 1.165) is 6.42 Å². The molecule has 1 aliphatic rings. The van der Waals surface area contributed by atoms with Gasteiger partial charge in [-0.05, 0) is 36.0 Å². The first kappa shape index (κ1) is 8.55. The van der Waals surface area contributed by atoms with Crippen molar-refractivity contribution in [2.24, 2.45) is 0 Å². The smallest absolute Gasteiger partial charge is 0.00854 e. The van der Waals surface area contributed by atoms with Crippen molar-refractivity contribution in [3.63, 3.8) is 0 Å². The first-order chi connectivity index (χ1) is 6.42. The van der Waals surface area contributed by atoms with E-state index in [0.29, 0.717) is 0 Å². The number of aryl methyl sites for hydroxylation is 1. The van der Waals surface area contributed by atoms with Crippen molar-refractivity contribution < 1.29 is 0 Å². The summed E-state index contributed by atoms with van der Waals surface area (Å²) in [6.07, 6.45) is 9.51. The molecule has 0 N–H and O–H groups in total. The first-order valence-corrected chi connectivity index (χ1v) is 5.19. The Labute approximate surface area is 80.3 Å². The lowest BCUT2D eigenvalue weighted by Gasteiger charge is -2.06. The zero-order chi connectivity index (χ0) is 9.10. The lowest BCUT2D eigenvalue weighted by atomic mass is 9.98. The van der Waals surface area contributed by atoms with Gasteiger partial charge >= 0.3 is 0 Å².